The Morgan fingerprint density at radius 2 is 2.23 bits per heavy atom. The highest BCUT2D eigenvalue weighted by Crippen LogP contribution is 2.07. The highest BCUT2D eigenvalue weighted by molar-refractivity contribution is 9.10. The smallest absolute Gasteiger partial charge is 0.280 e. The highest BCUT2D eigenvalue weighted by atomic mass is 79.9. The number of H-pyrrole nitrogens is 1. The Morgan fingerprint density at radius 3 is 3.00 bits per heavy atom. The van der Waals surface area contributed by atoms with Crippen LogP contribution in [0.4, 0.5) is 5.95 Å². The molecule has 0 bridgehead atoms. The molecular weight excluding hydrogens is 238 g/mol. The van der Waals surface area contributed by atoms with E-state index in [1.54, 1.807) is 0 Å². The Bertz CT molecular complexity index is 522. The van der Waals surface area contributed by atoms with Gasteiger partial charge in [-0.15, -0.1) is 0 Å². The average Bonchev–Trinajstić information content (AvgIpc) is 2.06. The number of nitrogens with two attached hydrogens (primary N) is 1. The van der Waals surface area contributed by atoms with E-state index in [1.807, 2.05) is 0 Å². The van der Waals surface area contributed by atoms with E-state index >= 15 is 0 Å². The van der Waals surface area contributed by atoms with Gasteiger partial charge >= 0.3 is 0 Å². The van der Waals surface area contributed by atoms with Crippen LogP contribution < -0.4 is 11.3 Å². The van der Waals surface area contributed by atoms with E-state index in [0.717, 1.165) is 0 Å². The third-order valence-electron chi connectivity index (χ3n) is 1.41. The van der Waals surface area contributed by atoms with E-state index in [4.69, 9.17) is 5.73 Å². The van der Waals surface area contributed by atoms with E-state index in [-0.39, 0.29) is 17.1 Å². The number of nitrogens with zero attached hydrogens (tertiary/aromatic N) is 3. The van der Waals surface area contributed by atoms with Crippen LogP contribution in [-0.4, -0.2) is 19.9 Å². The number of anilines is 1. The third-order valence-corrected chi connectivity index (χ3v) is 1.79. The number of nitrogens with one attached hydrogen (secondary N) is 1. The molecular formula is C6H4BrN5O. The minimum atomic E-state index is -0.392. The van der Waals surface area contributed by atoms with Gasteiger partial charge in [-0.3, -0.25) is 9.78 Å². The summed E-state index contributed by atoms with van der Waals surface area (Å²) in [6, 6.07) is 0. The molecule has 2 aromatic heterocycles. The quantitative estimate of drug-likeness (QED) is 0.680. The fourth-order valence-electron chi connectivity index (χ4n) is 0.913. The first-order valence-corrected chi connectivity index (χ1v) is 4.14. The zero-order valence-electron chi connectivity index (χ0n) is 6.28. The molecule has 0 aliphatic rings. The van der Waals surface area contributed by atoms with Crippen LogP contribution in [0.25, 0.3) is 11.2 Å². The minimum Gasteiger partial charge on any atom is -0.369 e. The summed E-state index contributed by atoms with van der Waals surface area (Å²) < 4.78 is 0.483. The Hall–Kier alpha value is -1.50. The van der Waals surface area contributed by atoms with Gasteiger partial charge in [0.25, 0.3) is 5.56 Å². The summed E-state index contributed by atoms with van der Waals surface area (Å²) in [5.41, 5.74) is 5.33. The van der Waals surface area contributed by atoms with E-state index in [1.165, 1.54) is 6.20 Å². The molecule has 0 amide bonds. The maximum atomic E-state index is 11.3. The number of aromatic nitrogens is 4. The lowest BCUT2D eigenvalue weighted by atomic mass is 10.5. The number of aromatic amines is 1. The van der Waals surface area contributed by atoms with Crippen LogP contribution in [0.15, 0.2) is 15.6 Å². The maximum absolute atomic E-state index is 11.3. The van der Waals surface area contributed by atoms with Gasteiger partial charge < -0.3 is 5.73 Å². The Balaban J connectivity index is 2.95. The van der Waals surface area contributed by atoms with Crippen molar-refractivity contribution in [3.63, 3.8) is 0 Å². The molecule has 13 heavy (non-hydrogen) atoms. The maximum Gasteiger partial charge on any atom is 0.280 e. The van der Waals surface area contributed by atoms with Crippen molar-refractivity contribution in [3.8, 4) is 0 Å². The molecule has 0 aliphatic carbocycles. The third kappa shape index (κ3) is 1.37. The monoisotopic (exact) mass is 241 g/mol. The Morgan fingerprint density at radius 1 is 1.46 bits per heavy atom. The topological polar surface area (TPSA) is 97.5 Å². The van der Waals surface area contributed by atoms with Crippen LogP contribution in [0.1, 0.15) is 0 Å². The van der Waals surface area contributed by atoms with E-state index < -0.39 is 5.56 Å². The van der Waals surface area contributed by atoms with Crippen LogP contribution >= 0.6 is 15.9 Å². The lowest BCUT2D eigenvalue weighted by Crippen LogP contribution is -2.13. The van der Waals surface area contributed by atoms with Gasteiger partial charge in [0, 0.05) is 0 Å². The second-order valence-electron chi connectivity index (χ2n) is 2.32. The summed E-state index contributed by atoms with van der Waals surface area (Å²) in [6.45, 7) is 0. The average molecular weight is 242 g/mol. The van der Waals surface area contributed by atoms with Crippen LogP contribution in [0.2, 0.25) is 0 Å². The van der Waals surface area contributed by atoms with Gasteiger partial charge in [0.05, 0.1) is 6.20 Å². The summed E-state index contributed by atoms with van der Waals surface area (Å²) in [4.78, 5) is 25.2. The standard InChI is InChI=1S/C6H4BrN5O/c7-2-1-9-4-3(10-2)5(13)12-6(8)11-4/h1H,(H3,8,9,11,12,13). The van der Waals surface area contributed by atoms with Crippen molar-refractivity contribution in [2.75, 3.05) is 5.73 Å². The molecule has 0 fully saturated rings. The van der Waals surface area contributed by atoms with E-state index in [2.05, 4.69) is 35.9 Å². The van der Waals surface area contributed by atoms with Gasteiger partial charge in [-0.25, -0.2) is 9.97 Å². The van der Waals surface area contributed by atoms with Crippen molar-refractivity contribution in [2.45, 2.75) is 0 Å². The molecule has 66 valence electrons. The number of hydrogen-bond acceptors (Lipinski definition) is 5. The second kappa shape index (κ2) is 2.77. The second-order valence-corrected chi connectivity index (χ2v) is 3.13. The van der Waals surface area contributed by atoms with Crippen molar-refractivity contribution in [2.24, 2.45) is 0 Å². The number of nitrogen functional groups attached to an aromatic ring is 1. The van der Waals surface area contributed by atoms with Gasteiger partial charge in [0.2, 0.25) is 5.95 Å². The zero-order valence-corrected chi connectivity index (χ0v) is 7.87. The van der Waals surface area contributed by atoms with Crippen molar-refractivity contribution < 1.29 is 0 Å². The molecule has 0 saturated heterocycles. The van der Waals surface area contributed by atoms with Crippen molar-refractivity contribution in [1.29, 1.82) is 0 Å². The fraction of sp³-hybridized carbons (Fsp3) is 0. The molecule has 0 spiro atoms. The van der Waals surface area contributed by atoms with Gasteiger partial charge in [0.1, 0.15) is 4.60 Å². The van der Waals surface area contributed by atoms with Crippen LogP contribution in [0.5, 0.6) is 0 Å². The first kappa shape index (κ1) is 8.11. The van der Waals surface area contributed by atoms with Crippen molar-refractivity contribution >= 4 is 33.0 Å². The molecule has 0 saturated carbocycles. The van der Waals surface area contributed by atoms with Gasteiger partial charge in [-0.2, -0.15) is 4.98 Å². The zero-order chi connectivity index (χ0) is 9.42. The molecule has 6 nitrogen and oxygen atoms in total. The number of halogens is 1. The summed E-state index contributed by atoms with van der Waals surface area (Å²) in [6.07, 6.45) is 1.45. The van der Waals surface area contributed by atoms with Crippen LogP contribution in [0.3, 0.4) is 0 Å². The van der Waals surface area contributed by atoms with Crippen LogP contribution in [-0.2, 0) is 0 Å². The summed E-state index contributed by atoms with van der Waals surface area (Å²) in [5.74, 6) is 0.0362. The first-order valence-electron chi connectivity index (χ1n) is 3.35. The van der Waals surface area contributed by atoms with Crippen LogP contribution in [0, 0.1) is 0 Å². The van der Waals surface area contributed by atoms with Crippen molar-refractivity contribution in [3.05, 3.63) is 21.2 Å². The predicted molar refractivity (Wildman–Crippen MR) is 50.1 cm³/mol. The molecule has 0 atom stereocenters. The normalized spacial score (nSPS) is 10.5. The molecule has 2 heterocycles. The SMILES string of the molecule is Nc1nc2ncc(Br)nc2c(=O)[nH]1. The van der Waals surface area contributed by atoms with Crippen molar-refractivity contribution in [1.82, 2.24) is 19.9 Å². The molecule has 2 rings (SSSR count). The summed E-state index contributed by atoms with van der Waals surface area (Å²) in [7, 11) is 0. The lowest BCUT2D eigenvalue weighted by Gasteiger charge is -1.96. The predicted octanol–water partition coefficient (Wildman–Crippen LogP) is 0.0578. The Labute approximate surface area is 80.4 Å². The largest absolute Gasteiger partial charge is 0.369 e. The van der Waals surface area contributed by atoms with Gasteiger partial charge in [0.15, 0.2) is 11.2 Å². The minimum absolute atomic E-state index is 0.0362. The number of fused-ring (bicyclic) bond motifs is 1. The molecule has 0 radical (unpaired) electrons. The summed E-state index contributed by atoms with van der Waals surface area (Å²) in [5, 5.41) is 0. The molecule has 3 N–H and O–H groups in total. The van der Waals surface area contributed by atoms with Gasteiger partial charge in [-0.1, -0.05) is 0 Å². The Kier molecular flexibility index (Phi) is 1.73. The van der Waals surface area contributed by atoms with E-state index in [0.29, 0.717) is 4.60 Å². The fourth-order valence-corrected chi connectivity index (χ4v) is 1.19. The first-order chi connectivity index (χ1) is 6.16. The highest BCUT2D eigenvalue weighted by Gasteiger charge is 2.04. The molecule has 7 heteroatoms. The molecule has 0 aromatic carbocycles. The molecule has 0 aliphatic heterocycles. The number of hydrogen-bond donors (Lipinski definition) is 2. The molecule has 2 aromatic rings. The van der Waals surface area contributed by atoms with E-state index in [9.17, 15) is 4.79 Å². The molecule has 0 unspecified atom stereocenters. The lowest BCUT2D eigenvalue weighted by molar-refractivity contribution is 1.11. The number of rotatable bonds is 0. The summed E-state index contributed by atoms with van der Waals surface area (Å²) >= 11 is 3.10. The van der Waals surface area contributed by atoms with Gasteiger partial charge in [-0.05, 0) is 15.9 Å².